The number of para-hydroxylation sites is 1. The van der Waals surface area contributed by atoms with Crippen molar-refractivity contribution in [3.63, 3.8) is 0 Å². The predicted octanol–water partition coefficient (Wildman–Crippen LogP) is 4.65. The molecule has 0 saturated heterocycles. The van der Waals surface area contributed by atoms with Crippen LogP contribution in [0.15, 0.2) is 83.5 Å². The summed E-state index contributed by atoms with van der Waals surface area (Å²) < 4.78 is 16.4. The van der Waals surface area contributed by atoms with Crippen molar-refractivity contribution in [2.75, 3.05) is 13.7 Å². The second kappa shape index (κ2) is 9.55. The van der Waals surface area contributed by atoms with Gasteiger partial charge in [-0.15, -0.1) is 0 Å². The molecule has 1 aliphatic heterocycles. The van der Waals surface area contributed by atoms with E-state index in [0.29, 0.717) is 34.3 Å². The van der Waals surface area contributed by atoms with Crippen molar-refractivity contribution in [3.8, 4) is 5.75 Å². The van der Waals surface area contributed by atoms with Crippen LogP contribution in [0.2, 0.25) is 0 Å². The number of methoxy groups -OCH3 is 1. The average molecular weight is 509 g/mol. The molecule has 3 heterocycles. The Morgan fingerprint density at radius 3 is 2.61 bits per heavy atom. The fourth-order valence-electron chi connectivity index (χ4n) is 5.06. The molecule has 8 nitrogen and oxygen atoms in total. The minimum absolute atomic E-state index is 0.166. The summed E-state index contributed by atoms with van der Waals surface area (Å²) >= 11 is 0. The minimum Gasteiger partial charge on any atom is -0.484 e. The summed E-state index contributed by atoms with van der Waals surface area (Å²) in [6, 6.07) is 21.1. The Bertz CT molecular complexity index is 1680. The maximum Gasteiger partial charge on any atom is 0.328 e. The highest BCUT2D eigenvalue weighted by Crippen LogP contribution is 2.31. The molecule has 0 aliphatic carbocycles. The maximum atomic E-state index is 13.3. The zero-order chi connectivity index (χ0) is 26.2. The summed E-state index contributed by atoms with van der Waals surface area (Å²) in [7, 11) is 1.32. The van der Waals surface area contributed by atoms with E-state index in [4.69, 9.17) is 13.9 Å². The van der Waals surface area contributed by atoms with Gasteiger partial charge in [-0.2, -0.15) is 0 Å². The molecule has 0 unspecified atom stereocenters. The van der Waals surface area contributed by atoms with Crippen molar-refractivity contribution in [2.45, 2.75) is 19.0 Å². The number of hydrogen-bond acceptors (Lipinski definition) is 6. The van der Waals surface area contributed by atoms with Crippen LogP contribution in [0.1, 0.15) is 27.2 Å². The number of hydrogen-bond donors (Lipinski definition) is 1. The number of nitrogens with zero attached hydrogens (tertiary/aromatic N) is 1. The molecule has 1 N–H and O–H groups in total. The van der Waals surface area contributed by atoms with Crippen molar-refractivity contribution in [3.05, 3.63) is 101 Å². The van der Waals surface area contributed by atoms with Gasteiger partial charge in [0.15, 0.2) is 12.4 Å². The minimum atomic E-state index is -0.755. The Morgan fingerprint density at radius 1 is 1.00 bits per heavy atom. The Morgan fingerprint density at radius 2 is 1.79 bits per heavy atom. The lowest BCUT2D eigenvalue weighted by Gasteiger charge is -2.33. The molecule has 2 aromatic heterocycles. The molecule has 1 atom stereocenters. The number of aromatic amines is 1. The van der Waals surface area contributed by atoms with Crippen LogP contribution in [0.4, 0.5) is 0 Å². The van der Waals surface area contributed by atoms with E-state index in [1.165, 1.54) is 18.3 Å². The lowest BCUT2D eigenvalue weighted by Crippen LogP contribution is -2.50. The number of carbonyl (C=O) groups is 3. The first-order chi connectivity index (χ1) is 18.5. The molecule has 38 heavy (non-hydrogen) atoms. The number of aromatic nitrogens is 1. The third kappa shape index (κ3) is 4.10. The molecule has 5 aromatic rings. The molecular weight excluding hydrogens is 484 g/mol. The van der Waals surface area contributed by atoms with Crippen LogP contribution in [-0.4, -0.2) is 47.3 Å². The van der Waals surface area contributed by atoms with E-state index in [1.807, 2.05) is 30.3 Å². The lowest BCUT2D eigenvalue weighted by atomic mass is 9.96. The summed E-state index contributed by atoms with van der Waals surface area (Å²) in [6.45, 7) is -0.0448. The number of furan rings is 1. The third-order valence-corrected chi connectivity index (χ3v) is 6.99. The van der Waals surface area contributed by atoms with Gasteiger partial charge in [-0.1, -0.05) is 48.5 Å². The third-order valence-electron chi connectivity index (χ3n) is 6.99. The molecule has 0 radical (unpaired) electrons. The molecule has 190 valence electrons. The van der Waals surface area contributed by atoms with Gasteiger partial charge in [0, 0.05) is 34.0 Å². The van der Waals surface area contributed by atoms with E-state index in [1.54, 1.807) is 42.5 Å². The summed E-state index contributed by atoms with van der Waals surface area (Å²) in [4.78, 5) is 43.8. The molecule has 0 fully saturated rings. The zero-order valence-electron chi connectivity index (χ0n) is 20.6. The smallest absolute Gasteiger partial charge is 0.328 e. The summed E-state index contributed by atoms with van der Waals surface area (Å²) in [5, 5.41) is 1.63. The second-order valence-electron chi connectivity index (χ2n) is 9.18. The van der Waals surface area contributed by atoms with E-state index in [9.17, 15) is 14.4 Å². The largest absolute Gasteiger partial charge is 0.484 e. The number of carbonyl (C=O) groups excluding carboxylic acids is 3. The van der Waals surface area contributed by atoms with Gasteiger partial charge < -0.3 is 23.8 Å². The van der Waals surface area contributed by atoms with Gasteiger partial charge in [-0.25, -0.2) is 4.79 Å². The number of benzene rings is 3. The molecule has 1 amide bonds. The Labute approximate surface area is 217 Å². The van der Waals surface area contributed by atoms with Gasteiger partial charge in [0.05, 0.1) is 19.2 Å². The molecule has 1 aliphatic rings. The van der Waals surface area contributed by atoms with Crippen LogP contribution in [0.25, 0.3) is 21.9 Å². The van der Waals surface area contributed by atoms with Crippen LogP contribution in [0, 0.1) is 0 Å². The summed E-state index contributed by atoms with van der Waals surface area (Å²) in [6.07, 6.45) is 1.78. The molecular formula is C30H24N2O6. The van der Waals surface area contributed by atoms with Gasteiger partial charge >= 0.3 is 5.97 Å². The number of esters is 1. The quantitative estimate of drug-likeness (QED) is 0.265. The number of fused-ring (bicyclic) bond motifs is 4. The van der Waals surface area contributed by atoms with Crippen molar-refractivity contribution in [2.24, 2.45) is 0 Å². The molecule has 8 heteroatoms. The number of rotatable bonds is 6. The Kier molecular flexibility index (Phi) is 5.92. The van der Waals surface area contributed by atoms with Gasteiger partial charge in [-0.05, 0) is 29.8 Å². The standard InChI is InChI=1S/C30H24N2O6/c1-36-30(35)26-14-21-20-9-5-6-10-24(20)31-25(21)15-32(26)28(33)17-37-19-11-12-27-22(13-19)23(16-38-27)29(34)18-7-3-2-4-8-18/h2-13,16,26,31H,14-15,17H2,1H3/t26-/m1/s1. The van der Waals surface area contributed by atoms with E-state index >= 15 is 0 Å². The Hall–Kier alpha value is -4.85. The van der Waals surface area contributed by atoms with Crippen LogP contribution < -0.4 is 4.74 Å². The number of ketones is 1. The van der Waals surface area contributed by atoms with E-state index in [0.717, 1.165) is 22.2 Å². The first-order valence-electron chi connectivity index (χ1n) is 12.2. The molecule has 0 bridgehead atoms. The second-order valence-corrected chi connectivity index (χ2v) is 9.18. The summed E-state index contributed by atoms with van der Waals surface area (Å²) in [5.74, 6) is -0.580. The van der Waals surface area contributed by atoms with Crippen molar-refractivity contribution >= 4 is 39.5 Å². The summed E-state index contributed by atoms with van der Waals surface area (Å²) in [5.41, 5.74) is 4.37. The number of nitrogens with one attached hydrogen (secondary N) is 1. The molecule has 6 rings (SSSR count). The zero-order valence-corrected chi connectivity index (χ0v) is 20.6. The van der Waals surface area contributed by atoms with Crippen molar-refractivity contribution in [1.29, 1.82) is 0 Å². The number of ether oxygens (including phenoxy) is 2. The van der Waals surface area contributed by atoms with Crippen molar-refractivity contribution < 1.29 is 28.3 Å². The van der Waals surface area contributed by atoms with Crippen LogP contribution in [0.5, 0.6) is 5.75 Å². The lowest BCUT2D eigenvalue weighted by molar-refractivity contribution is -0.154. The fraction of sp³-hybridized carbons (Fsp3) is 0.167. The first kappa shape index (κ1) is 23.5. The monoisotopic (exact) mass is 508 g/mol. The average Bonchev–Trinajstić information content (AvgIpc) is 3.55. The molecule has 0 spiro atoms. The number of H-pyrrole nitrogens is 1. The van der Waals surface area contributed by atoms with Crippen LogP contribution >= 0.6 is 0 Å². The van der Waals surface area contributed by atoms with Gasteiger partial charge in [0.1, 0.15) is 23.6 Å². The topological polar surface area (TPSA) is 102 Å². The van der Waals surface area contributed by atoms with E-state index < -0.39 is 12.0 Å². The van der Waals surface area contributed by atoms with Gasteiger partial charge in [0.2, 0.25) is 0 Å². The van der Waals surface area contributed by atoms with Gasteiger partial charge in [-0.3, -0.25) is 9.59 Å². The van der Waals surface area contributed by atoms with E-state index in [2.05, 4.69) is 4.98 Å². The highest BCUT2D eigenvalue weighted by Gasteiger charge is 2.37. The molecule has 3 aromatic carbocycles. The molecule has 0 saturated carbocycles. The number of amides is 1. The highest BCUT2D eigenvalue weighted by molar-refractivity contribution is 6.16. The normalized spacial score (nSPS) is 14.9. The van der Waals surface area contributed by atoms with Gasteiger partial charge in [0.25, 0.3) is 5.91 Å². The predicted molar refractivity (Wildman–Crippen MR) is 140 cm³/mol. The van der Waals surface area contributed by atoms with Crippen LogP contribution in [-0.2, 0) is 27.3 Å². The fourth-order valence-corrected chi connectivity index (χ4v) is 5.06. The van der Waals surface area contributed by atoms with Crippen LogP contribution in [0.3, 0.4) is 0 Å². The SMILES string of the molecule is COC(=O)[C@H]1Cc2c([nH]c3ccccc23)CN1C(=O)COc1ccc2occ(C(=O)c3ccccc3)c2c1. The Balaban J connectivity index is 1.23. The highest BCUT2D eigenvalue weighted by atomic mass is 16.5. The van der Waals surface area contributed by atoms with E-state index in [-0.39, 0.29) is 24.8 Å². The first-order valence-corrected chi connectivity index (χ1v) is 12.2. The van der Waals surface area contributed by atoms with Crippen molar-refractivity contribution in [1.82, 2.24) is 9.88 Å². The maximum absolute atomic E-state index is 13.3.